The maximum absolute atomic E-state index is 12.7. The van der Waals surface area contributed by atoms with Gasteiger partial charge in [-0.15, -0.1) is 0 Å². The summed E-state index contributed by atoms with van der Waals surface area (Å²) < 4.78 is 5.75. The molecular formula is C19H17NO4. The molecule has 24 heavy (non-hydrogen) atoms. The summed E-state index contributed by atoms with van der Waals surface area (Å²) in [7, 11) is 0. The van der Waals surface area contributed by atoms with Gasteiger partial charge in [0.25, 0.3) is 5.91 Å². The summed E-state index contributed by atoms with van der Waals surface area (Å²) in [6.07, 6.45) is 1.55. The zero-order valence-electron chi connectivity index (χ0n) is 13.2. The van der Waals surface area contributed by atoms with Crippen LogP contribution in [0.15, 0.2) is 54.3 Å². The Morgan fingerprint density at radius 1 is 1.21 bits per heavy atom. The van der Waals surface area contributed by atoms with E-state index in [0.29, 0.717) is 11.4 Å². The summed E-state index contributed by atoms with van der Waals surface area (Å²) in [6.45, 7) is 2.07. The number of ether oxygens (including phenoxy) is 1. The maximum Gasteiger partial charge on any atom is 0.305 e. The predicted octanol–water partition coefficient (Wildman–Crippen LogP) is 3.24. The Balaban J connectivity index is 1.98. The number of benzene rings is 2. The van der Waals surface area contributed by atoms with Gasteiger partial charge in [0.2, 0.25) is 0 Å². The van der Waals surface area contributed by atoms with E-state index < -0.39 is 5.97 Å². The van der Waals surface area contributed by atoms with Gasteiger partial charge in [0, 0.05) is 6.54 Å². The van der Waals surface area contributed by atoms with E-state index in [1.54, 1.807) is 24.3 Å². The maximum atomic E-state index is 12.7. The van der Waals surface area contributed by atoms with Gasteiger partial charge >= 0.3 is 5.97 Å². The molecule has 3 rings (SSSR count). The topological polar surface area (TPSA) is 66.8 Å². The van der Waals surface area contributed by atoms with Crippen LogP contribution >= 0.6 is 0 Å². The molecule has 0 fully saturated rings. The van der Waals surface area contributed by atoms with E-state index in [-0.39, 0.29) is 24.6 Å². The number of aliphatic carboxylic acids is 1. The molecule has 1 aliphatic heterocycles. The summed E-state index contributed by atoms with van der Waals surface area (Å²) >= 11 is 0. The highest BCUT2D eigenvalue weighted by Gasteiger charge is 2.30. The number of carboxylic acid groups (broad SMARTS) is 1. The van der Waals surface area contributed by atoms with Gasteiger partial charge < -0.3 is 14.7 Å². The second-order valence-corrected chi connectivity index (χ2v) is 5.59. The highest BCUT2D eigenvalue weighted by Crippen LogP contribution is 2.35. The summed E-state index contributed by atoms with van der Waals surface area (Å²) in [5, 5.41) is 8.93. The molecular weight excluding hydrogens is 306 g/mol. The average molecular weight is 323 g/mol. The van der Waals surface area contributed by atoms with E-state index in [4.69, 9.17) is 9.84 Å². The van der Waals surface area contributed by atoms with Gasteiger partial charge in [-0.2, -0.15) is 0 Å². The van der Waals surface area contributed by atoms with Gasteiger partial charge in [-0.25, -0.2) is 0 Å². The van der Waals surface area contributed by atoms with Crippen molar-refractivity contribution in [3.63, 3.8) is 0 Å². The van der Waals surface area contributed by atoms with Crippen molar-refractivity contribution in [2.45, 2.75) is 13.3 Å². The molecule has 0 aromatic heterocycles. The number of carboxylic acids is 1. The molecule has 0 saturated heterocycles. The molecule has 0 aliphatic carbocycles. The van der Waals surface area contributed by atoms with Gasteiger partial charge in [-0.1, -0.05) is 42.0 Å². The lowest BCUT2D eigenvalue weighted by atomic mass is 10.1. The Hall–Kier alpha value is -3.08. The molecule has 122 valence electrons. The van der Waals surface area contributed by atoms with Crippen LogP contribution in [0.4, 0.5) is 5.69 Å². The number of hydrogen-bond donors (Lipinski definition) is 1. The lowest BCUT2D eigenvalue weighted by Crippen LogP contribution is -2.38. The zero-order valence-corrected chi connectivity index (χ0v) is 13.2. The molecule has 1 amide bonds. The first-order valence-electron chi connectivity index (χ1n) is 7.63. The third kappa shape index (κ3) is 3.30. The van der Waals surface area contributed by atoms with Crippen LogP contribution in [0, 0.1) is 6.92 Å². The highest BCUT2D eigenvalue weighted by atomic mass is 16.5. The van der Waals surface area contributed by atoms with Crippen molar-refractivity contribution in [2.24, 2.45) is 0 Å². The normalized spacial score (nSPS) is 15.1. The van der Waals surface area contributed by atoms with Gasteiger partial charge in [-0.3, -0.25) is 9.59 Å². The second-order valence-electron chi connectivity index (χ2n) is 5.59. The Bertz CT molecular complexity index is 826. The van der Waals surface area contributed by atoms with Gasteiger partial charge in [0.15, 0.2) is 11.5 Å². The van der Waals surface area contributed by atoms with E-state index in [9.17, 15) is 9.59 Å². The van der Waals surface area contributed by atoms with Crippen molar-refractivity contribution in [3.8, 4) is 5.75 Å². The summed E-state index contributed by atoms with van der Waals surface area (Å²) in [5.74, 6) is -0.557. The molecule has 5 nitrogen and oxygen atoms in total. The molecule has 0 atom stereocenters. The van der Waals surface area contributed by atoms with Gasteiger partial charge in [0.1, 0.15) is 0 Å². The summed E-state index contributed by atoms with van der Waals surface area (Å²) in [5.41, 5.74) is 2.52. The number of carbonyl (C=O) groups is 2. The minimum atomic E-state index is -0.948. The third-order valence-electron chi connectivity index (χ3n) is 3.72. The number of rotatable bonds is 4. The van der Waals surface area contributed by atoms with Crippen LogP contribution in [0.1, 0.15) is 17.5 Å². The first-order valence-corrected chi connectivity index (χ1v) is 7.63. The van der Waals surface area contributed by atoms with E-state index in [1.165, 1.54) is 4.90 Å². The van der Waals surface area contributed by atoms with Crippen LogP contribution in [-0.4, -0.2) is 23.5 Å². The summed E-state index contributed by atoms with van der Waals surface area (Å²) in [4.78, 5) is 25.1. The van der Waals surface area contributed by atoms with Crippen LogP contribution in [-0.2, 0) is 9.59 Å². The Morgan fingerprint density at radius 3 is 2.75 bits per heavy atom. The Labute approximate surface area is 139 Å². The highest BCUT2D eigenvalue weighted by molar-refractivity contribution is 6.10. The zero-order chi connectivity index (χ0) is 17.1. The number of carbonyl (C=O) groups excluding carboxylic acids is 1. The van der Waals surface area contributed by atoms with Crippen molar-refractivity contribution >= 4 is 23.6 Å². The molecule has 0 radical (unpaired) electrons. The van der Waals surface area contributed by atoms with Crippen molar-refractivity contribution < 1.29 is 19.4 Å². The quantitative estimate of drug-likeness (QED) is 0.877. The van der Waals surface area contributed by atoms with Crippen LogP contribution in [0.2, 0.25) is 0 Å². The van der Waals surface area contributed by atoms with E-state index in [0.717, 1.165) is 11.1 Å². The number of para-hydroxylation sites is 2. The second kappa shape index (κ2) is 6.58. The average Bonchev–Trinajstić information content (AvgIpc) is 2.55. The van der Waals surface area contributed by atoms with E-state index >= 15 is 0 Å². The van der Waals surface area contributed by atoms with Crippen molar-refractivity contribution in [1.82, 2.24) is 0 Å². The first kappa shape index (κ1) is 15.8. The molecule has 0 unspecified atom stereocenters. The SMILES string of the molecule is Cc1cccc(/C=C2/Oc3ccccc3N(CCC(=O)O)C2=O)c1. The predicted molar refractivity (Wildman–Crippen MR) is 90.8 cm³/mol. The fourth-order valence-corrected chi connectivity index (χ4v) is 2.60. The van der Waals surface area contributed by atoms with Crippen LogP contribution in [0.3, 0.4) is 0 Å². The van der Waals surface area contributed by atoms with Crippen LogP contribution in [0.25, 0.3) is 6.08 Å². The standard InChI is InChI=1S/C19H17NO4/c1-13-5-4-6-14(11-13)12-17-19(23)20(10-9-18(21)22)15-7-2-3-8-16(15)24-17/h2-8,11-12H,9-10H2,1H3,(H,21,22)/b17-12+. The Kier molecular flexibility index (Phi) is 4.33. The largest absolute Gasteiger partial charge is 0.481 e. The minimum absolute atomic E-state index is 0.0969. The van der Waals surface area contributed by atoms with Crippen molar-refractivity contribution in [2.75, 3.05) is 11.4 Å². The number of hydrogen-bond acceptors (Lipinski definition) is 3. The monoisotopic (exact) mass is 323 g/mol. The third-order valence-corrected chi connectivity index (χ3v) is 3.72. The van der Waals surface area contributed by atoms with Crippen molar-refractivity contribution in [3.05, 3.63) is 65.4 Å². The van der Waals surface area contributed by atoms with Crippen molar-refractivity contribution in [1.29, 1.82) is 0 Å². The molecule has 0 saturated carbocycles. The molecule has 0 bridgehead atoms. The molecule has 1 N–H and O–H groups in total. The van der Waals surface area contributed by atoms with E-state index in [1.807, 2.05) is 37.3 Å². The molecule has 5 heteroatoms. The van der Waals surface area contributed by atoms with Gasteiger partial charge in [-0.05, 0) is 30.7 Å². The summed E-state index contributed by atoms with van der Waals surface area (Å²) in [6, 6.07) is 14.8. The lowest BCUT2D eigenvalue weighted by molar-refractivity contribution is -0.136. The van der Waals surface area contributed by atoms with Gasteiger partial charge in [0.05, 0.1) is 12.1 Å². The minimum Gasteiger partial charge on any atom is -0.481 e. The molecule has 2 aromatic rings. The number of nitrogens with zero attached hydrogens (tertiary/aromatic N) is 1. The fourth-order valence-electron chi connectivity index (χ4n) is 2.60. The smallest absolute Gasteiger partial charge is 0.305 e. The van der Waals surface area contributed by atoms with Crippen LogP contribution in [0.5, 0.6) is 5.75 Å². The molecule has 1 heterocycles. The Morgan fingerprint density at radius 2 is 2.00 bits per heavy atom. The number of aryl methyl sites for hydroxylation is 1. The number of fused-ring (bicyclic) bond motifs is 1. The first-order chi connectivity index (χ1) is 11.5. The molecule has 0 spiro atoms. The van der Waals surface area contributed by atoms with E-state index in [2.05, 4.69) is 0 Å². The van der Waals surface area contributed by atoms with Crippen LogP contribution < -0.4 is 9.64 Å². The molecule has 2 aromatic carbocycles. The molecule has 1 aliphatic rings. The number of amides is 1. The lowest BCUT2D eigenvalue weighted by Gasteiger charge is -2.30. The fraction of sp³-hybridized carbons (Fsp3) is 0.158. The number of anilines is 1.